The highest BCUT2D eigenvalue weighted by Gasteiger charge is 2.07. The molecular weight excluding hydrogens is 437 g/mol. The molecule has 0 aliphatic heterocycles. The van der Waals surface area contributed by atoms with Crippen LogP contribution in [0.15, 0.2) is 53.5 Å². The molecular formula is C20H26IN5. The molecule has 138 valence electrons. The molecule has 26 heavy (non-hydrogen) atoms. The average Bonchev–Trinajstić information content (AvgIpc) is 2.94. The van der Waals surface area contributed by atoms with Gasteiger partial charge in [-0.25, -0.2) is 9.98 Å². The summed E-state index contributed by atoms with van der Waals surface area (Å²) in [4.78, 5) is 9.37. The number of halogens is 1. The van der Waals surface area contributed by atoms with Crippen LogP contribution in [0.5, 0.6) is 0 Å². The Morgan fingerprint density at radius 2 is 1.92 bits per heavy atom. The standard InChI is InChI=1S/C20H25N5.HI/c1-4-21-20(22-13-16-9-7-8-15(2)12-16)23-14-19-24-17-10-5-6-11-18(17)25(19)3;/h5-12H,4,13-14H2,1-3H3,(H2,21,22,23);1H. The molecule has 2 N–H and O–H groups in total. The van der Waals surface area contributed by atoms with Crippen LogP contribution in [-0.2, 0) is 20.1 Å². The summed E-state index contributed by atoms with van der Waals surface area (Å²) in [6.45, 7) is 6.27. The van der Waals surface area contributed by atoms with Gasteiger partial charge in [-0.15, -0.1) is 24.0 Å². The molecule has 0 saturated heterocycles. The number of fused-ring (bicyclic) bond motifs is 1. The van der Waals surface area contributed by atoms with Gasteiger partial charge in [0.05, 0.1) is 24.1 Å². The number of para-hydroxylation sites is 2. The van der Waals surface area contributed by atoms with Gasteiger partial charge in [-0.1, -0.05) is 42.0 Å². The van der Waals surface area contributed by atoms with Crippen LogP contribution < -0.4 is 10.6 Å². The maximum atomic E-state index is 4.69. The number of aromatic nitrogens is 2. The molecule has 0 saturated carbocycles. The first-order valence-electron chi connectivity index (χ1n) is 8.65. The van der Waals surface area contributed by atoms with E-state index >= 15 is 0 Å². The zero-order valence-electron chi connectivity index (χ0n) is 15.5. The Morgan fingerprint density at radius 1 is 1.12 bits per heavy atom. The number of imidazole rings is 1. The maximum absolute atomic E-state index is 4.69. The monoisotopic (exact) mass is 463 g/mol. The van der Waals surface area contributed by atoms with Gasteiger partial charge < -0.3 is 15.2 Å². The van der Waals surface area contributed by atoms with Crippen molar-refractivity contribution < 1.29 is 0 Å². The first-order chi connectivity index (χ1) is 12.2. The van der Waals surface area contributed by atoms with E-state index in [-0.39, 0.29) is 24.0 Å². The van der Waals surface area contributed by atoms with Gasteiger partial charge in [-0.3, -0.25) is 0 Å². The number of aliphatic imine (C=N–C) groups is 1. The molecule has 0 bridgehead atoms. The smallest absolute Gasteiger partial charge is 0.191 e. The van der Waals surface area contributed by atoms with E-state index in [0.717, 1.165) is 29.4 Å². The lowest BCUT2D eigenvalue weighted by Gasteiger charge is -2.11. The normalized spacial score (nSPS) is 11.3. The number of benzene rings is 2. The predicted octanol–water partition coefficient (Wildman–Crippen LogP) is 3.76. The van der Waals surface area contributed by atoms with Crippen molar-refractivity contribution in [3.63, 3.8) is 0 Å². The van der Waals surface area contributed by atoms with Crippen molar-refractivity contribution in [3.8, 4) is 0 Å². The SMILES string of the molecule is CCNC(=NCc1cccc(C)c1)NCc1nc2ccccc2n1C.I. The van der Waals surface area contributed by atoms with Gasteiger partial charge in [-0.2, -0.15) is 0 Å². The predicted molar refractivity (Wildman–Crippen MR) is 119 cm³/mol. The lowest BCUT2D eigenvalue weighted by Crippen LogP contribution is -2.37. The minimum Gasteiger partial charge on any atom is -0.357 e. The third-order valence-electron chi connectivity index (χ3n) is 4.14. The number of aryl methyl sites for hydroxylation is 2. The van der Waals surface area contributed by atoms with E-state index < -0.39 is 0 Å². The molecule has 2 aromatic carbocycles. The Hall–Kier alpha value is -2.09. The fraction of sp³-hybridized carbons (Fsp3) is 0.300. The van der Waals surface area contributed by atoms with Crippen LogP contribution in [0.4, 0.5) is 0 Å². The Balaban J connectivity index is 0.00000243. The highest BCUT2D eigenvalue weighted by atomic mass is 127. The third-order valence-corrected chi connectivity index (χ3v) is 4.14. The van der Waals surface area contributed by atoms with Gasteiger partial charge in [0, 0.05) is 13.6 Å². The zero-order chi connectivity index (χ0) is 17.6. The Morgan fingerprint density at radius 3 is 2.65 bits per heavy atom. The molecule has 0 aliphatic rings. The summed E-state index contributed by atoms with van der Waals surface area (Å²) in [6, 6.07) is 16.6. The quantitative estimate of drug-likeness (QED) is 0.344. The molecule has 3 rings (SSSR count). The molecule has 0 fully saturated rings. The number of hydrogen-bond donors (Lipinski definition) is 2. The molecule has 0 unspecified atom stereocenters. The molecule has 6 heteroatoms. The van der Waals surface area contributed by atoms with Gasteiger partial charge in [0.15, 0.2) is 5.96 Å². The molecule has 1 aromatic heterocycles. The number of nitrogens with zero attached hydrogens (tertiary/aromatic N) is 3. The van der Waals surface area contributed by atoms with E-state index in [9.17, 15) is 0 Å². The van der Waals surface area contributed by atoms with E-state index in [1.807, 2.05) is 25.2 Å². The largest absolute Gasteiger partial charge is 0.357 e. The summed E-state index contributed by atoms with van der Waals surface area (Å²) in [7, 11) is 2.04. The Kier molecular flexibility index (Phi) is 7.44. The molecule has 1 heterocycles. The summed E-state index contributed by atoms with van der Waals surface area (Å²) in [5.74, 6) is 1.79. The van der Waals surface area contributed by atoms with Gasteiger partial charge in [0.25, 0.3) is 0 Å². The molecule has 0 spiro atoms. The van der Waals surface area contributed by atoms with Crippen LogP contribution in [0.2, 0.25) is 0 Å². The fourth-order valence-corrected chi connectivity index (χ4v) is 2.84. The third kappa shape index (κ3) is 4.97. The van der Waals surface area contributed by atoms with Crippen molar-refractivity contribution in [1.29, 1.82) is 0 Å². The number of hydrogen-bond acceptors (Lipinski definition) is 2. The van der Waals surface area contributed by atoms with Crippen LogP contribution in [0, 0.1) is 6.92 Å². The van der Waals surface area contributed by atoms with E-state index in [2.05, 4.69) is 64.4 Å². The first-order valence-corrected chi connectivity index (χ1v) is 8.65. The van der Waals surface area contributed by atoms with Crippen molar-refractivity contribution in [3.05, 3.63) is 65.5 Å². The van der Waals surface area contributed by atoms with E-state index in [1.54, 1.807) is 0 Å². The lowest BCUT2D eigenvalue weighted by atomic mass is 10.1. The second kappa shape index (κ2) is 9.56. The number of nitrogens with one attached hydrogen (secondary N) is 2. The summed E-state index contributed by atoms with van der Waals surface area (Å²) >= 11 is 0. The summed E-state index contributed by atoms with van der Waals surface area (Å²) in [5, 5.41) is 6.67. The van der Waals surface area contributed by atoms with E-state index in [1.165, 1.54) is 11.1 Å². The maximum Gasteiger partial charge on any atom is 0.191 e. The Labute approximate surface area is 172 Å². The molecule has 0 amide bonds. The van der Waals surface area contributed by atoms with Crippen molar-refractivity contribution >= 4 is 41.0 Å². The fourth-order valence-electron chi connectivity index (χ4n) is 2.84. The summed E-state index contributed by atoms with van der Waals surface area (Å²) in [6.07, 6.45) is 0. The minimum atomic E-state index is 0. The molecule has 0 aliphatic carbocycles. The van der Waals surface area contributed by atoms with E-state index in [0.29, 0.717) is 13.1 Å². The second-order valence-electron chi connectivity index (χ2n) is 6.11. The van der Waals surface area contributed by atoms with Crippen LogP contribution in [0.1, 0.15) is 23.9 Å². The molecule has 0 radical (unpaired) electrons. The second-order valence-corrected chi connectivity index (χ2v) is 6.11. The number of guanidine groups is 1. The highest BCUT2D eigenvalue weighted by molar-refractivity contribution is 14.0. The average molecular weight is 463 g/mol. The molecule has 0 atom stereocenters. The lowest BCUT2D eigenvalue weighted by molar-refractivity contribution is 0.738. The van der Waals surface area contributed by atoms with Crippen LogP contribution in [-0.4, -0.2) is 22.1 Å². The first kappa shape index (κ1) is 20.2. The summed E-state index contributed by atoms with van der Waals surface area (Å²) < 4.78 is 2.12. The molecule has 5 nitrogen and oxygen atoms in total. The van der Waals surface area contributed by atoms with E-state index in [4.69, 9.17) is 4.98 Å². The van der Waals surface area contributed by atoms with Crippen LogP contribution in [0.3, 0.4) is 0 Å². The van der Waals surface area contributed by atoms with Crippen molar-refractivity contribution in [2.75, 3.05) is 6.54 Å². The van der Waals surface area contributed by atoms with Gasteiger partial charge in [0.2, 0.25) is 0 Å². The highest BCUT2D eigenvalue weighted by Crippen LogP contribution is 2.13. The van der Waals surface area contributed by atoms with Crippen molar-refractivity contribution in [2.45, 2.75) is 26.9 Å². The van der Waals surface area contributed by atoms with Gasteiger partial charge in [0.1, 0.15) is 5.82 Å². The topological polar surface area (TPSA) is 54.2 Å². The number of rotatable bonds is 5. The van der Waals surface area contributed by atoms with Gasteiger partial charge >= 0.3 is 0 Å². The van der Waals surface area contributed by atoms with Gasteiger partial charge in [-0.05, 0) is 31.5 Å². The van der Waals surface area contributed by atoms with Crippen molar-refractivity contribution in [2.24, 2.45) is 12.0 Å². The zero-order valence-corrected chi connectivity index (χ0v) is 17.8. The Bertz CT molecular complexity index is 885. The van der Waals surface area contributed by atoms with Crippen LogP contribution in [0.25, 0.3) is 11.0 Å². The van der Waals surface area contributed by atoms with Crippen molar-refractivity contribution in [1.82, 2.24) is 20.2 Å². The van der Waals surface area contributed by atoms with Crippen LogP contribution >= 0.6 is 24.0 Å². The minimum absolute atomic E-state index is 0. The molecule has 3 aromatic rings. The summed E-state index contributed by atoms with van der Waals surface area (Å²) in [5.41, 5.74) is 4.62.